The van der Waals surface area contributed by atoms with E-state index in [1.807, 2.05) is 0 Å². The van der Waals surface area contributed by atoms with E-state index in [9.17, 15) is 0 Å². The van der Waals surface area contributed by atoms with Gasteiger partial charge in [-0.05, 0) is 24.0 Å². The Balaban J connectivity index is 1.87. The first-order valence-electron chi connectivity index (χ1n) is 7.86. The van der Waals surface area contributed by atoms with Crippen LogP contribution >= 0.6 is 0 Å². The fraction of sp³-hybridized carbons (Fsp3) is 0.647. The molecule has 106 valence electrons. The quantitative estimate of drug-likeness (QED) is 0.762. The van der Waals surface area contributed by atoms with Gasteiger partial charge < -0.3 is 5.73 Å². The second kappa shape index (κ2) is 7.66. The van der Waals surface area contributed by atoms with Crippen molar-refractivity contribution in [2.24, 2.45) is 5.73 Å². The van der Waals surface area contributed by atoms with E-state index in [2.05, 4.69) is 36.1 Å². The maximum Gasteiger partial charge on any atom is 0.0240 e. The minimum absolute atomic E-state index is 0.574. The predicted octanol–water partition coefficient (Wildman–Crippen LogP) is 3.34. The van der Waals surface area contributed by atoms with E-state index in [1.54, 1.807) is 0 Å². The molecule has 0 spiro atoms. The summed E-state index contributed by atoms with van der Waals surface area (Å²) in [5.41, 5.74) is 9.03. The monoisotopic (exact) mass is 260 g/mol. The third-order valence-electron chi connectivity index (χ3n) is 4.34. The predicted molar refractivity (Wildman–Crippen MR) is 82.2 cm³/mol. The summed E-state index contributed by atoms with van der Waals surface area (Å²) in [5.74, 6) is 0. The number of rotatable bonds is 7. The zero-order valence-corrected chi connectivity index (χ0v) is 12.3. The molecule has 1 aliphatic rings. The van der Waals surface area contributed by atoms with Crippen LogP contribution in [0, 0.1) is 0 Å². The molecule has 1 aromatic rings. The minimum atomic E-state index is 0.574. The summed E-state index contributed by atoms with van der Waals surface area (Å²) >= 11 is 0. The van der Waals surface area contributed by atoms with E-state index in [1.165, 1.54) is 56.2 Å². The molecule has 2 heteroatoms. The van der Waals surface area contributed by atoms with Crippen LogP contribution in [-0.2, 0) is 13.0 Å². The van der Waals surface area contributed by atoms with Gasteiger partial charge in [0.2, 0.25) is 0 Å². The Kier molecular flexibility index (Phi) is 5.87. The van der Waals surface area contributed by atoms with Gasteiger partial charge in [-0.1, -0.05) is 56.9 Å². The Labute approximate surface area is 118 Å². The van der Waals surface area contributed by atoms with E-state index in [4.69, 9.17) is 5.73 Å². The Hall–Kier alpha value is -0.860. The lowest BCUT2D eigenvalue weighted by atomic mass is 9.97. The topological polar surface area (TPSA) is 29.3 Å². The fourth-order valence-corrected chi connectivity index (χ4v) is 3.09. The van der Waals surface area contributed by atoms with Crippen LogP contribution in [0.3, 0.4) is 0 Å². The van der Waals surface area contributed by atoms with Crippen molar-refractivity contribution in [2.45, 2.75) is 58.0 Å². The van der Waals surface area contributed by atoms with Crippen LogP contribution in [-0.4, -0.2) is 24.0 Å². The van der Waals surface area contributed by atoms with E-state index < -0.39 is 0 Å². The van der Waals surface area contributed by atoms with Crippen molar-refractivity contribution in [3.8, 4) is 0 Å². The number of nitrogens with two attached hydrogens (primary N) is 1. The van der Waals surface area contributed by atoms with Crippen molar-refractivity contribution in [2.75, 3.05) is 13.1 Å². The molecule has 0 amide bonds. The fourth-order valence-electron chi connectivity index (χ4n) is 3.09. The van der Waals surface area contributed by atoms with Crippen molar-refractivity contribution in [1.82, 2.24) is 4.90 Å². The average Bonchev–Trinajstić information content (AvgIpc) is 2.47. The first-order valence-corrected chi connectivity index (χ1v) is 7.86. The number of unbranched alkanes of at least 4 members (excludes halogenated alkanes) is 3. The maximum atomic E-state index is 6.00. The van der Waals surface area contributed by atoms with Crippen molar-refractivity contribution in [3.63, 3.8) is 0 Å². The molecule has 2 rings (SSSR count). The minimum Gasteiger partial charge on any atom is -0.329 e. The summed E-state index contributed by atoms with van der Waals surface area (Å²) in [6.45, 7) is 5.33. The van der Waals surface area contributed by atoms with Crippen LogP contribution in [0.5, 0.6) is 0 Å². The first kappa shape index (κ1) is 14.5. The van der Waals surface area contributed by atoms with Gasteiger partial charge in [-0.25, -0.2) is 0 Å². The second-order valence-corrected chi connectivity index (χ2v) is 5.73. The normalized spacial score (nSPS) is 17.2. The number of hydrogen-bond acceptors (Lipinski definition) is 2. The molecule has 0 aromatic heterocycles. The summed E-state index contributed by atoms with van der Waals surface area (Å²) in [6, 6.07) is 9.42. The highest BCUT2D eigenvalue weighted by Gasteiger charge is 2.21. The molecule has 1 aliphatic heterocycles. The molecule has 0 radical (unpaired) electrons. The molecular formula is C17H28N2. The van der Waals surface area contributed by atoms with Crippen LogP contribution < -0.4 is 5.73 Å². The molecule has 0 saturated carbocycles. The standard InChI is InChI=1S/C17H28N2/c1-2-3-4-5-10-17(13-18)19-12-11-15-8-6-7-9-16(15)14-19/h6-9,17H,2-5,10-14,18H2,1H3. The van der Waals surface area contributed by atoms with Gasteiger partial charge in [-0.15, -0.1) is 0 Å². The molecule has 19 heavy (non-hydrogen) atoms. The van der Waals surface area contributed by atoms with E-state index in [0.29, 0.717) is 6.04 Å². The van der Waals surface area contributed by atoms with Crippen molar-refractivity contribution >= 4 is 0 Å². The average molecular weight is 260 g/mol. The van der Waals surface area contributed by atoms with Crippen LogP contribution in [0.25, 0.3) is 0 Å². The van der Waals surface area contributed by atoms with Crippen molar-refractivity contribution in [3.05, 3.63) is 35.4 Å². The Morgan fingerprint density at radius 2 is 1.95 bits per heavy atom. The molecule has 0 saturated heterocycles. The third-order valence-corrected chi connectivity index (χ3v) is 4.34. The van der Waals surface area contributed by atoms with E-state index >= 15 is 0 Å². The molecule has 0 aliphatic carbocycles. The molecule has 1 heterocycles. The van der Waals surface area contributed by atoms with E-state index in [-0.39, 0.29) is 0 Å². The van der Waals surface area contributed by atoms with Crippen LogP contribution in [0.1, 0.15) is 50.2 Å². The molecule has 2 nitrogen and oxygen atoms in total. The van der Waals surface area contributed by atoms with Gasteiger partial charge in [-0.3, -0.25) is 4.90 Å². The summed E-state index contributed by atoms with van der Waals surface area (Å²) in [5, 5.41) is 0. The van der Waals surface area contributed by atoms with Crippen molar-refractivity contribution < 1.29 is 0 Å². The molecule has 0 bridgehead atoms. The Morgan fingerprint density at radius 1 is 1.16 bits per heavy atom. The lowest BCUT2D eigenvalue weighted by Gasteiger charge is -2.35. The largest absolute Gasteiger partial charge is 0.329 e. The Bertz CT molecular complexity index is 375. The number of benzene rings is 1. The molecular weight excluding hydrogens is 232 g/mol. The second-order valence-electron chi connectivity index (χ2n) is 5.73. The summed E-state index contributed by atoms with van der Waals surface area (Å²) in [4.78, 5) is 2.59. The highest BCUT2D eigenvalue weighted by Crippen LogP contribution is 2.22. The Morgan fingerprint density at radius 3 is 2.68 bits per heavy atom. The lowest BCUT2D eigenvalue weighted by molar-refractivity contribution is 0.171. The van der Waals surface area contributed by atoms with Crippen LogP contribution in [0.4, 0.5) is 0 Å². The van der Waals surface area contributed by atoms with Gasteiger partial charge in [0.05, 0.1) is 0 Å². The molecule has 1 unspecified atom stereocenters. The van der Waals surface area contributed by atoms with Gasteiger partial charge in [0, 0.05) is 25.7 Å². The summed E-state index contributed by atoms with van der Waals surface area (Å²) in [7, 11) is 0. The summed E-state index contributed by atoms with van der Waals surface area (Å²) < 4.78 is 0. The van der Waals surface area contributed by atoms with Crippen molar-refractivity contribution in [1.29, 1.82) is 0 Å². The lowest BCUT2D eigenvalue weighted by Crippen LogP contribution is -2.43. The van der Waals surface area contributed by atoms with Crippen LogP contribution in [0.15, 0.2) is 24.3 Å². The van der Waals surface area contributed by atoms with Gasteiger partial charge in [0.1, 0.15) is 0 Å². The SMILES string of the molecule is CCCCCCC(CN)N1CCc2ccccc2C1. The number of fused-ring (bicyclic) bond motifs is 1. The number of nitrogens with zero attached hydrogens (tertiary/aromatic N) is 1. The highest BCUT2D eigenvalue weighted by atomic mass is 15.2. The van der Waals surface area contributed by atoms with Crippen LogP contribution in [0.2, 0.25) is 0 Å². The van der Waals surface area contributed by atoms with E-state index in [0.717, 1.165) is 13.1 Å². The van der Waals surface area contributed by atoms with Gasteiger partial charge in [0.15, 0.2) is 0 Å². The molecule has 1 atom stereocenters. The highest BCUT2D eigenvalue weighted by molar-refractivity contribution is 5.29. The zero-order valence-electron chi connectivity index (χ0n) is 12.3. The molecule has 0 fully saturated rings. The third kappa shape index (κ3) is 4.05. The van der Waals surface area contributed by atoms with Gasteiger partial charge in [0.25, 0.3) is 0 Å². The van der Waals surface area contributed by atoms with Gasteiger partial charge in [-0.2, -0.15) is 0 Å². The molecule has 2 N–H and O–H groups in total. The smallest absolute Gasteiger partial charge is 0.0240 e. The molecule has 1 aromatic carbocycles. The maximum absolute atomic E-state index is 6.00. The number of hydrogen-bond donors (Lipinski definition) is 1. The summed E-state index contributed by atoms with van der Waals surface area (Å²) in [6.07, 6.45) is 7.80. The van der Waals surface area contributed by atoms with Gasteiger partial charge >= 0.3 is 0 Å². The first-order chi connectivity index (χ1) is 9.35. The zero-order chi connectivity index (χ0) is 13.5.